The highest BCUT2D eigenvalue weighted by molar-refractivity contribution is 5.94. The van der Waals surface area contributed by atoms with E-state index in [1.807, 2.05) is 6.92 Å². The fourth-order valence-corrected chi connectivity index (χ4v) is 2.65. The molecule has 1 amide bonds. The Morgan fingerprint density at radius 3 is 2.24 bits per heavy atom. The molecule has 1 aromatic carbocycles. The quantitative estimate of drug-likeness (QED) is 0.335. The number of hydrogen-bond acceptors (Lipinski definition) is 6. The predicted octanol–water partition coefficient (Wildman–Crippen LogP) is 2.42. The van der Waals surface area contributed by atoms with Crippen LogP contribution in [-0.4, -0.2) is 53.3 Å². The molecule has 9 heteroatoms. The maximum Gasteiger partial charge on any atom is 0.287 e. The number of aliphatic imine (C=N–C) groups is 1. The van der Waals surface area contributed by atoms with Gasteiger partial charge in [-0.1, -0.05) is 0 Å². The van der Waals surface area contributed by atoms with E-state index in [9.17, 15) is 4.79 Å². The first kappa shape index (κ1) is 21.9. The Kier molecular flexibility index (Phi) is 8.20. The second-order valence-electron chi connectivity index (χ2n) is 6.08. The van der Waals surface area contributed by atoms with Crippen molar-refractivity contribution in [2.75, 3.05) is 46.8 Å². The molecule has 158 valence electrons. The maximum absolute atomic E-state index is 12.0. The van der Waals surface area contributed by atoms with Crippen LogP contribution in [0.4, 0.5) is 5.69 Å². The largest absolute Gasteiger partial charge is 0.493 e. The number of hydrogen-bond donors (Lipinski definition) is 3. The summed E-state index contributed by atoms with van der Waals surface area (Å²) < 4.78 is 21.2. The summed E-state index contributed by atoms with van der Waals surface area (Å²) in [7, 11) is 6.36. The number of amides is 1. The van der Waals surface area contributed by atoms with Crippen LogP contribution in [0, 0.1) is 6.92 Å². The standard InChI is InChI=1S/C20H28N4O5/c1-13-7-10-29-17(13)19(25)22-8-6-9-23-20(21-2)24-14-11-15(26-3)18(28-5)16(12-14)27-4/h7,10-12H,6,8-9H2,1-5H3,(H,22,25)(H2,21,23,24). The van der Waals surface area contributed by atoms with Gasteiger partial charge in [0.25, 0.3) is 5.91 Å². The molecule has 1 aromatic heterocycles. The Hall–Kier alpha value is -3.36. The van der Waals surface area contributed by atoms with Crippen molar-refractivity contribution in [3.63, 3.8) is 0 Å². The molecule has 0 atom stereocenters. The highest BCUT2D eigenvalue weighted by atomic mass is 16.5. The number of ether oxygens (including phenoxy) is 3. The Bertz CT molecular complexity index is 822. The zero-order chi connectivity index (χ0) is 21.2. The molecule has 0 fully saturated rings. The van der Waals surface area contributed by atoms with Crippen molar-refractivity contribution in [2.45, 2.75) is 13.3 Å². The molecule has 0 spiro atoms. The van der Waals surface area contributed by atoms with E-state index in [0.717, 1.165) is 11.3 Å². The van der Waals surface area contributed by atoms with Crippen molar-refractivity contribution in [3.05, 3.63) is 35.8 Å². The van der Waals surface area contributed by atoms with E-state index in [-0.39, 0.29) is 5.91 Å². The minimum absolute atomic E-state index is 0.215. The molecular weight excluding hydrogens is 376 g/mol. The molecule has 9 nitrogen and oxygen atoms in total. The van der Waals surface area contributed by atoms with Crippen molar-refractivity contribution in [1.29, 1.82) is 0 Å². The number of aryl methyl sites for hydroxylation is 1. The number of guanidine groups is 1. The first-order valence-corrected chi connectivity index (χ1v) is 9.14. The third-order valence-electron chi connectivity index (χ3n) is 4.15. The molecule has 0 saturated carbocycles. The van der Waals surface area contributed by atoms with Gasteiger partial charge in [0, 0.05) is 43.5 Å². The number of anilines is 1. The monoisotopic (exact) mass is 404 g/mol. The normalized spacial score (nSPS) is 11.0. The second-order valence-corrected chi connectivity index (χ2v) is 6.08. The molecule has 0 aliphatic carbocycles. The molecule has 0 aliphatic heterocycles. The van der Waals surface area contributed by atoms with Gasteiger partial charge >= 0.3 is 0 Å². The zero-order valence-electron chi connectivity index (χ0n) is 17.4. The number of benzene rings is 1. The number of furan rings is 1. The fraction of sp³-hybridized carbons (Fsp3) is 0.400. The van der Waals surface area contributed by atoms with Crippen LogP contribution in [0.2, 0.25) is 0 Å². The lowest BCUT2D eigenvalue weighted by atomic mass is 10.2. The Labute approximate surface area is 170 Å². The number of carbonyl (C=O) groups is 1. The lowest BCUT2D eigenvalue weighted by Crippen LogP contribution is -2.33. The number of methoxy groups -OCH3 is 3. The third-order valence-corrected chi connectivity index (χ3v) is 4.15. The molecule has 2 rings (SSSR count). The lowest BCUT2D eigenvalue weighted by molar-refractivity contribution is 0.0925. The van der Waals surface area contributed by atoms with Crippen molar-refractivity contribution in [2.24, 2.45) is 4.99 Å². The molecule has 0 aliphatic rings. The first-order chi connectivity index (χ1) is 14.0. The summed E-state index contributed by atoms with van der Waals surface area (Å²) in [5.74, 6) is 2.31. The Balaban J connectivity index is 1.85. The van der Waals surface area contributed by atoms with Crippen molar-refractivity contribution in [3.8, 4) is 17.2 Å². The summed E-state index contributed by atoms with van der Waals surface area (Å²) in [6, 6.07) is 5.34. The van der Waals surface area contributed by atoms with E-state index in [4.69, 9.17) is 18.6 Å². The van der Waals surface area contributed by atoms with Gasteiger partial charge in [0.2, 0.25) is 5.75 Å². The van der Waals surface area contributed by atoms with E-state index < -0.39 is 0 Å². The molecule has 0 unspecified atom stereocenters. The van der Waals surface area contributed by atoms with Crippen LogP contribution < -0.4 is 30.2 Å². The van der Waals surface area contributed by atoms with Crippen molar-refractivity contribution >= 4 is 17.6 Å². The van der Waals surface area contributed by atoms with Gasteiger partial charge < -0.3 is 34.6 Å². The number of rotatable bonds is 9. The lowest BCUT2D eigenvalue weighted by Gasteiger charge is -2.16. The van der Waals surface area contributed by atoms with Gasteiger partial charge in [-0.3, -0.25) is 9.79 Å². The average molecular weight is 404 g/mol. The van der Waals surface area contributed by atoms with Crippen molar-refractivity contribution < 1.29 is 23.4 Å². The SMILES string of the molecule is CN=C(NCCCNC(=O)c1occc1C)Nc1cc(OC)c(OC)c(OC)c1. The fourth-order valence-electron chi connectivity index (χ4n) is 2.65. The van der Waals surface area contributed by atoms with Gasteiger partial charge in [-0.05, 0) is 19.4 Å². The van der Waals surface area contributed by atoms with Gasteiger partial charge in [-0.25, -0.2) is 0 Å². The second kappa shape index (κ2) is 10.8. The van der Waals surface area contributed by atoms with E-state index >= 15 is 0 Å². The number of nitrogens with zero attached hydrogens (tertiary/aromatic N) is 1. The van der Waals surface area contributed by atoms with E-state index in [1.165, 1.54) is 6.26 Å². The van der Waals surface area contributed by atoms with Crippen molar-refractivity contribution in [1.82, 2.24) is 10.6 Å². The van der Waals surface area contributed by atoms with Gasteiger partial charge in [0.05, 0.1) is 27.6 Å². The van der Waals surface area contributed by atoms with E-state index in [2.05, 4.69) is 20.9 Å². The van der Waals surface area contributed by atoms with Crippen LogP contribution in [0.3, 0.4) is 0 Å². The van der Waals surface area contributed by atoms with E-state index in [0.29, 0.717) is 48.5 Å². The molecule has 29 heavy (non-hydrogen) atoms. The molecule has 0 radical (unpaired) electrons. The Morgan fingerprint density at radius 1 is 1.07 bits per heavy atom. The van der Waals surface area contributed by atoms with Crippen LogP contribution >= 0.6 is 0 Å². The third kappa shape index (κ3) is 5.81. The topological polar surface area (TPSA) is 106 Å². The van der Waals surface area contributed by atoms with Gasteiger partial charge in [0.1, 0.15) is 0 Å². The molecule has 1 heterocycles. The van der Waals surface area contributed by atoms with Gasteiger partial charge in [-0.2, -0.15) is 0 Å². The maximum atomic E-state index is 12.0. The zero-order valence-corrected chi connectivity index (χ0v) is 17.4. The van der Waals surface area contributed by atoms with Crippen LogP contribution in [-0.2, 0) is 0 Å². The van der Waals surface area contributed by atoms with Gasteiger partial charge in [-0.15, -0.1) is 0 Å². The minimum atomic E-state index is -0.215. The Morgan fingerprint density at radius 2 is 1.72 bits per heavy atom. The molecule has 2 aromatic rings. The predicted molar refractivity (Wildman–Crippen MR) is 111 cm³/mol. The minimum Gasteiger partial charge on any atom is -0.493 e. The van der Waals surface area contributed by atoms with Crippen LogP contribution in [0.15, 0.2) is 33.9 Å². The molecule has 3 N–H and O–H groups in total. The number of carbonyl (C=O) groups excluding carboxylic acids is 1. The molecule has 0 bridgehead atoms. The first-order valence-electron chi connectivity index (χ1n) is 9.14. The molecular formula is C20H28N4O5. The van der Waals surface area contributed by atoms with E-state index in [1.54, 1.807) is 46.6 Å². The molecule has 0 saturated heterocycles. The summed E-state index contributed by atoms with van der Waals surface area (Å²) in [5, 5.41) is 9.20. The smallest absolute Gasteiger partial charge is 0.287 e. The summed E-state index contributed by atoms with van der Waals surface area (Å²) in [5.41, 5.74) is 1.55. The van der Waals surface area contributed by atoms with Crippen LogP contribution in [0.1, 0.15) is 22.5 Å². The summed E-state index contributed by atoms with van der Waals surface area (Å²) in [6.07, 6.45) is 2.21. The average Bonchev–Trinajstić information content (AvgIpc) is 3.17. The number of nitrogens with one attached hydrogen (secondary N) is 3. The summed E-state index contributed by atoms with van der Waals surface area (Å²) >= 11 is 0. The highest BCUT2D eigenvalue weighted by Crippen LogP contribution is 2.39. The summed E-state index contributed by atoms with van der Waals surface area (Å²) in [4.78, 5) is 16.2. The summed E-state index contributed by atoms with van der Waals surface area (Å²) in [6.45, 7) is 2.95. The van der Waals surface area contributed by atoms with Gasteiger partial charge in [0.15, 0.2) is 23.2 Å². The highest BCUT2D eigenvalue weighted by Gasteiger charge is 2.14. The van der Waals surface area contributed by atoms with Crippen LogP contribution in [0.5, 0.6) is 17.2 Å². The van der Waals surface area contributed by atoms with Crippen LogP contribution in [0.25, 0.3) is 0 Å².